The van der Waals surface area contributed by atoms with Crippen LogP contribution in [0.25, 0.3) is 10.9 Å². The van der Waals surface area contributed by atoms with Gasteiger partial charge in [0.25, 0.3) is 5.91 Å². The van der Waals surface area contributed by atoms with Gasteiger partial charge in [-0.3, -0.25) is 4.79 Å². The van der Waals surface area contributed by atoms with Crippen LogP contribution in [0.15, 0.2) is 18.2 Å². The second-order valence-corrected chi connectivity index (χ2v) is 5.02. The number of aromatic nitrogens is 1. The molecule has 0 atom stereocenters. The van der Waals surface area contributed by atoms with Crippen LogP contribution in [0.2, 0.25) is 0 Å². The Kier molecular flexibility index (Phi) is 3.52. The Bertz CT molecular complexity index is 690. The molecule has 1 aliphatic heterocycles. The van der Waals surface area contributed by atoms with Gasteiger partial charge in [0.2, 0.25) is 0 Å². The SMILES string of the molecule is Cc1c(C(=O)NCC2NNNN2)c2cc(O)ccc2n1C. The van der Waals surface area contributed by atoms with Gasteiger partial charge in [-0.05, 0) is 25.1 Å². The summed E-state index contributed by atoms with van der Waals surface area (Å²) in [5.41, 5.74) is 13.5. The summed E-state index contributed by atoms with van der Waals surface area (Å²) in [4.78, 5) is 12.5. The van der Waals surface area contributed by atoms with E-state index in [0.29, 0.717) is 12.1 Å². The van der Waals surface area contributed by atoms with Crippen molar-refractivity contribution in [3.63, 3.8) is 0 Å². The summed E-state index contributed by atoms with van der Waals surface area (Å²) in [5, 5.41) is 13.3. The topological polar surface area (TPSA) is 102 Å². The largest absolute Gasteiger partial charge is 0.508 e. The molecule has 8 heteroatoms. The molecule has 1 aromatic heterocycles. The average Bonchev–Trinajstić information content (AvgIpc) is 3.05. The standard InChI is InChI=1S/C13H18N6O2/c1-7-12(13(21)14-6-11-15-17-18-16-11)9-5-8(20)3-4-10(9)19(7)2/h3-5,11,15-18,20H,6H2,1-2H3,(H,14,21). The number of aromatic hydroxyl groups is 1. The van der Waals surface area contributed by atoms with Gasteiger partial charge in [0.1, 0.15) is 11.9 Å². The molecule has 0 unspecified atom stereocenters. The van der Waals surface area contributed by atoms with Crippen molar-refractivity contribution in [2.45, 2.75) is 13.1 Å². The number of carbonyl (C=O) groups excluding carboxylic acids is 1. The minimum atomic E-state index is -0.167. The number of hydrogen-bond acceptors (Lipinski definition) is 6. The van der Waals surface area contributed by atoms with Crippen molar-refractivity contribution >= 4 is 16.8 Å². The zero-order valence-electron chi connectivity index (χ0n) is 11.8. The van der Waals surface area contributed by atoms with Crippen molar-refractivity contribution in [1.29, 1.82) is 0 Å². The van der Waals surface area contributed by atoms with Crippen LogP contribution in [0, 0.1) is 6.92 Å². The van der Waals surface area contributed by atoms with Gasteiger partial charge in [-0.1, -0.05) is 0 Å². The molecule has 0 spiro atoms. The normalized spacial score (nSPS) is 15.7. The Balaban J connectivity index is 1.89. The molecule has 0 aliphatic carbocycles. The van der Waals surface area contributed by atoms with Crippen molar-refractivity contribution in [1.82, 2.24) is 31.8 Å². The summed E-state index contributed by atoms with van der Waals surface area (Å²) in [6.07, 6.45) is -0.0994. The summed E-state index contributed by atoms with van der Waals surface area (Å²) in [5.74, 6) is -0.0196. The first-order chi connectivity index (χ1) is 10.1. The van der Waals surface area contributed by atoms with Gasteiger partial charge < -0.3 is 15.0 Å². The lowest BCUT2D eigenvalue weighted by Gasteiger charge is -2.10. The summed E-state index contributed by atoms with van der Waals surface area (Å²) in [6, 6.07) is 5.04. The van der Waals surface area contributed by atoms with Gasteiger partial charge in [-0.15, -0.1) is 0 Å². The van der Waals surface area contributed by atoms with Crippen LogP contribution in [0.3, 0.4) is 0 Å². The zero-order chi connectivity index (χ0) is 15.0. The van der Waals surface area contributed by atoms with Gasteiger partial charge in [-0.25, -0.2) is 10.9 Å². The molecule has 3 rings (SSSR count). The van der Waals surface area contributed by atoms with Crippen molar-refractivity contribution < 1.29 is 9.90 Å². The third-order valence-electron chi connectivity index (χ3n) is 3.72. The number of phenols is 1. The van der Waals surface area contributed by atoms with E-state index in [2.05, 4.69) is 27.2 Å². The first-order valence-electron chi connectivity index (χ1n) is 6.65. The zero-order valence-corrected chi connectivity index (χ0v) is 11.8. The Labute approximate surface area is 121 Å². The Hall–Kier alpha value is -2.13. The predicted octanol–water partition coefficient (Wildman–Crippen LogP) is -0.635. The molecule has 1 saturated heterocycles. The van der Waals surface area contributed by atoms with Crippen LogP contribution in [0.5, 0.6) is 5.75 Å². The molecule has 1 aromatic carbocycles. The smallest absolute Gasteiger partial charge is 0.253 e. The van der Waals surface area contributed by atoms with Crippen molar-refractivity contribution in [3.05, 3.63) is 29.5 Å². The fourth-order valence-corrected chi connectivity index (χ4v) is 2.51. The Morgan fingerprint density at radius 3 is 2.81 bits per heavy atom. The van der Waals surface area contributed by atoms with E-state index in [1.807, 2.05) is 24.6 Å². The molecule has 1 aliphatic rings. The van der Waals surface area contributed by atoms with Gasteiger partial charge >= 0.3 is 0 Å². The van der Waals surface area contributed by atoms with E-state index in [4.69, 9.17) is 0 Å². The molecular formula is C13H18N6O2. The summed E-state index contributed by atoms with van der Waals surface area (Å²) < 4.78 is 1.94. The van der Waals surface area contributed by atoms with E-state index in [0.717, 1.165) is 16.6 Å². The molecule has 2 heterocycles. The lowest BCUT2D eigenvalue weighted by molar-refractivity contribution is 0.0949. The summed E-state index contributed by atoms with van der Waals surface area (Å²) in [7, 11) is 1.90. The van der Waals surface area contributed by atoms with Gasteiger partial charge in [-0.2, -0.15) is 11.1 Å². The number of hydrogen-bond donors (Lipinski definition) is 6. The number of carbonyl (C=O) groups is 1. The lowest BCUT2D eigenvalue weighted by atomic mass is 10.1. The van der Waals surface area contributed by atoms with Gasteiger partial charge in [0, 0.05) is 30.2 Å². The molecule has 2 aromatic rings. The summed E-state index contributed by atoms with van der Waals surface area (Å²) in [6.45, 7) is 2.30. The number of nitrogens with one attached hydrogen (secondary N) is 5. The number of fused-ring (bicyclic) bond motifs is 1. The second-order valence-electron chi connectivity index (χ2n) is 5.02. The number of nitrogens with zero attached hydrogens (tertiary/aromatic N) is 1. The number of benzene rings is 1. The van der Waals surface area contributed by atoms with Crippen molar-refractivity contribution in [2.24, 2.45) is 7.05 Å². The van der Waals surface area contributed by atoms with E-state index >= 15 is 0 Å². The first-order valence-corrected chi connectivity index (χ1v) is 6.65. The fourth-order valence-electron chi connectivity index (χ4n) is 2.51. The van der Waals surface area contributed by atoms with Crippen LogP contribution >= 0.6 is 0 Å². The third kappa shape index (κ3) is 2.45. The van der Waals surface area contributed by atoms with E-state index in [1.165, 1.54) is 0 Å². The molecular weight excluding hydrogens is 272 g/mol. The van der Waals surface area contributed by atoms with E-state index < -0.39 is 0 Å². The monoisotopic (exact) mass is 290 g/mol. The van der Waals surface area contributed by atoms with E-state index in [-0.39, 0.29) is 17.8 Å². The van der Waals surface area contributed by atoms with E-state index in [9.17, 15) is 9.90 Å². The molecule has 0 radical (unpaired) electrons. The van der Waals surface area contributed by atoms with Gasteiger partial charge in [0.05, 0.1) is 5.56 Å². The van der Waals surface area contributed by atoms with Crippen LogP contribution in [0.4, 0.5) is 0 Å². The van der Waals surface area contributed by atoms with Crippen molar-refractivity contribution in [2.75, 3.05) is 6.54 Å². The van der Waals surface area contributed by atoms with Gasteiger partial charge in [0.15, 0.2) is 0 Å². The molecule has 1 amide bonds. The minimum absolute atomic E-state index is 0.0994. The number of aryl methyl sites for hydroxylation is 1. The summed E-state index contributed by atoms with van der Waals surface area (Å²) >= 11 is 0. The molecule has 112 valence electrons. The lowest BCUT2D eigenvalue weighted by Crippen LogP contribution is -2.44. The maximum atomic E-state index is 12.5. The molecule has 1 fully saturated rings. The van der Waals surface area contributed by atoms with Crippen molar-refractivity contribution in [3.8, 4) is 5.75 Å². The molecule has 0 bridgehead atoms. The highest BCUT2D eigenvalue weighted by Crippen LogP contribution is 2.28. The first kappa shape index (κ1) is 13.8. The maximum Gasteiger partial charge on any atom is 0.253 e. The number of hydrazine groups is 3. The van der Waals surface area contributed by atoms with Crippen LogP contribution in [0.1, 0.15) is 16.1 Å². The second kappa shape index (κ2) is 5.34. The Morgan fingerprint density at radius 1 is 1.38 bits per heavy atom. The molecule has 6 N–H and O–H groups in total. The van der Waals surface area contributed by atoms with Crippen LogP contribution in [-0.2, 0) is 7.05 Å². The average molecular weight is 290 g/mol. The minimum Gasteiger partial charge on any atom is -0.508 e. The van der Waals surface area contributed by atoms with Crippen LogP contribution in [-0.4, -0.2) is 28.3 Å². The van der Waals surface area contributed by atoms with Crippen LogP contribution < -0.4 is 27.2 Å². The fraction of sp³-hybridized carbons (Fsp3) is 0.308. The maximum absolute atomic E-state index is 12.5. The highest BCUT2D eigenvalue weighted by Gasteiger charge is 2.20. The quantitative estimate of drug-likeness (QED) is 0.450. The Morgan fingerprint density at radius 2 is 2.10 bits per heavy atom. The number of phenolic OH excluding ortho intramolecular Hbond substituents is 1. The molecule has 8 nitrogen and oxygen atoms in total. The molecule has 21 heavy (non-hydrogen) atoms. The third-order valence-corrected chi connectivity index (χ3v) is 3.72. The highest BCUT2D eigenvalue weighted by atomic mass is 16.3. The number of rotatable bonds is 3. The predicted molar refractivity (Wildman–Crippen MR) is 78.0 cm³/mol. The number of amides is 1. The molecule has 0 saturated carbocycles. The highest BCUT2D eigenvalue weighted by molar-refractivity contribution is 6.08. The van der Waals surface area contributed by atoms with E-state index in [1.54, 1.807) is 12.1 Å².